The van der Waals surface area contributed by atoms with Crippen molar-refractivity contribution in [1.82, 2.24) is 20.3 Å². The molecule has 3 rings (SSSR count). The number of piperidine rings is 1. The molecule has 1 saturated heterocycles. The van der Waals surface area contributed by atoms with Crippen LogP contribution in [0.1, 0.15) is 18.7 Å². The second-order valence-electron chi connectivity index (χ2n) is 5.02. The summed E-state index contributed by atoms with van der Waals surface area (Å²) in [6.45, 7) is 3.08. The number of aromatic nitrogens is 4. The van der Waals surface area contributed by atoms with E-state index in [0.717, 1.165) is 5.82 Å². The molecule has 2 aromatic heterocycles. The van der Waals surface area contributed by atoms with Gasteiger partial charge in [-0.1, -0.05) is 5.16 Å². The molecule has 110 valence electrons. The van der Waals surface area contributed by atoms with E-state index in [2.05, 4.69) is 20.3 Å². The van der Waals surface area contributed by atoms with Crippen LogP contribution in [0, 0.1) is 12.8 Å². The van der Waals surface area contributed by atoms with E-state index in [1.807, 2.05) is 11.0 Å². The first kappa shape index (κ1) is 13.5. The van der Waals surface area contributed by atoms with Gasteiger partial charge in [0, 0.05) is 13.1 Å². The molecule has 8 heteroatoms. The summed E-state index contributed by atoms with van der Waals surface area (Å²) in [6.07, 6.45) is 1.25. The Labute approximate surface area is 120 Å². The number of carboxylic acid groups (broad SMARTS) is 1. The molecular formula is C13H15N5O3. The Hall–Kier alpha value is -2.51. The standard InChI is InChI=1S/C13H15N5O3/c1-8-14-12(21-17-8)10-2-3-11(16-15-10)18-6-4-9(5-7-18)13(19)20/h2-3,9H,4-7H2,1H3,(H,19,20). The van der Waals surface area contributed by atoms with E-state index in [-0.39, 0.29) is 5.92 Å². The molecule has 8 nitrogen and oxygen atoms in total. The lowest BCUT2D eigenvalue weighted by atomic mass is 9.97. The SMILES string of the molecule is Cc1noc(-c2ccc(N3CCC(C(=O)O)CC3)nn2)n1. The van der Waals surface area contributed by atoms with Crippen LogP contribution in [0.15, 0.2) is 16.7 Å². The number of nitrogens with zero attached hydrogens (tertiary/aromatic N) is 5. The maximum atomic E-state index is 10.9. The zero-order chi connectivity index (χ0) is 14.8. The first-order chi connectivity index (χ1) is 10.1. The topological polar surface area (TPSA) is 105 Å². The summed E-state index contributed by atoms with van der Waals surface area (Å²) in [4.78, 5) is 17.1. The average Bonchev–Trinajstić information content (AvgIpc) is 2.94. The van der Waals surface area contributed by atoms with Gasteiger partial charge in [-0.3, -0.25) is 4.79 Å². The number of rotatable bonds is 3. The molecular weight excluding hydrogens is 274 g/mol. The predicted octanol–water partition coefficient (Wildman–Crippen LogP) is 1.14. The number of anilines is 1. The molecule has 0 aliphatic carbocycles. The van der Waals surface area contributed by atoms with Gasteiger partial charge in [0.1, 0.15) is 0 Å². The largest absolute Gasteiger partial charge is 0.481 e. The number of hydrogen-bond donors (Lipinski definition) is 1. The summed E-state index contributed by atoms with van der Waals surface area (Å²) in [5.41, 5.74) is 0.528. The van der Waals surface area contributed by atoms with Crippen molar-refractivity contribution in [3.05, 3.63) is 18.0 Å². The van der Waals surface area contributed by atoms with E-state index < -0.39 is 5.97 Å². The Morgan fingerprint density at radius 2 is 2.10 bits per heavy atom. The molecule has 2 aromatic rings. The smallest absolute Gasteiger partial charge is 0.306 e. The molecule has 3 heterocycles. The summed E-state index contributed by atoms with van der Waals surface area (Å²) in [7, 11) is 0. The maximum absolute atomic E-state index is 10.9. The lowest BCUT2D eigenvalue weighted by Crippen LogP contribution is -2.36. The molecule has 0 unspecified atom stereocenters. The van der Waals surface area contributed by atoms with E-state index in [0.29, 0.717) is 43.3 Å². The third kappa shape index (κ3) is 2.83. The highest BCUT2D eigenvalue weighted by Gasteiger charge is 2.25. The van der Waals surface area contributed by atoms with Crippen molar-refractivity contribution in [3.63, 3.8) is 0 Å². The lowest BCUT2D eigenvalue weighted by Gasteiger charge is -2.30. The van der Waals surface area contributed by atoms with Crippen molar-refractivity contribution in [2.45, 2.75) is 19.8 Å². The summed E-state index contributed by atoms with van der Waals surface area (Å²) in [5, 5.41) is 20.9. The normalized spacial score (nSPS) is 16.1. The molecule has 1 N–H and O–H groups in total. The molecule has 0 saturated carbocycles. The van der Waals surface area contributed by atoms with Gasteiger partial charge in [-0.05, 0) is 31.9 Å². The zero-order valence-electron chi connectivity index (χ0n) is 11.6. The van der Waals surface area contributed by atoms with Crippen molar-refractivity contribution < 1.29 is 14.4 Å². The summed E-state index contributed by atoms with van der Waals surface area (Å²) in [5.74, 6) is 0.652. The quantitative estimate of drug-likeness (QED) is 0.896. The molecule has 0 atom stereocenters. The van der Waals surface area contributed by atoms with Crippen molar-refractivity contribution in [3.8, 4) is 11.6 Å². The molecule has 21 heavy (non-hydrogen) atoms. The minimum atomic E-state index is -0.720. The Morgan fingerprint density at radius 1 is 1.33 bits per heavy atom. The van der Waals surface area contributed by atoms with Crippen LogP contribution < -0.4 is 4.90 Å². The molecule has 1 aliphatic heterocycles. The van der Waals surface area contributed by atoms with Crippen LogP contribution in [-0.2, 0) is 4.79 Å². The highest BCUT2D eigenvalue weighted by Crippen LogP contribution is 2.22. The molecule has 0 spiro atoms. The van der Waals surface area contributed by atoms with Gasteiger partial charge in [-0.2, -0.15) is 4.98 Å². The highest BCUT2D eigenvalue weighted by atomic mass is 16.5. The second-order valence-corrected chi connectivity index (χ2v) is 5.02. The van der Waals surface area contributed by atoms with E-state index in [9.17, 15) is 4.79 Å². The molecule has 0 radical (unpaired) electrons. The Balaban J connectivity index is 1.69. The number of aliphatic carboxylic acids is 1. The number of hydrogen-bond acceptors (Lipinski definition) is 7. The van der Waals surface area contributed by atoms with Crippen LogP contribution in [0.5, 0.6) is 0 Å². The monoisotopic (exact) mass is 289 g/mol. The molecule has 0 bridgehead atoms. The summed E-state index contributed by atoms with van der Waals surface area (Å²) in [6, 6.07) is 3.61. The zero-order valence-corrected chi connectivity index (χ0v) is 11.6. The fourth-order valence-corrected chi connectivity index (χ4v) is 2.36. The third-order valence-corrected chi connectivity index (χ3v) is 3.57. The number of carbonyl (C=O) groups is 1. The second kappa shape index (κ2) is 5.47. The van der Waals surface area contributed by atoms with Crippen LogP contribution in [0.3, 0.4) is 0 Å². The van der Waals surface area contributed by atoms with Crippen LogP contribution in [0.2, 0.25) is 0 Å². The average molecular weight is 289 g/mol. The predicted molar refractivity (Wildman–Crippen MR) is 72.6 cm³/mol. The van der Waals surface area contributed by atoms with Crippen LogP contribution in [0.25, 0.3) is 11.6 Å². The van der Waals surface area contributed by atoms with Crippen molar-refractivity contribution >= 4 is 11.8 Å². The van der Waals surface area contributed by atoms with Crippen LogP contribution >= 0.6 is 0 Å². The Bertz CT molecular complexity index is 632. The van der Waals surface area contributed by atoms with Crippen molar-refractivity contribution in [2.75, 3.05) is 18.0 Å². The van der Waals surface area contributed by atoms with Gasteiger partial charge in [-0.15, -0.1) is 10.2 Å². The van der Waals surface area contributed by atoms with E-state index in [1.54, 1.807) is 13.0 Å². The van der Waals surface area contributed by atoms with Gasteiger partial charge in [-0.25, -0.2) is 0 Å². The van der Waals surface area contributed by atoms with Crippen molar-refractivity contribution in [1.29, 1.82) is 0 Å². The highest BCUT2D eigenvalue weighted by molar-refractivity contribution is 5.70. The van der Waals surface area contributed by atoms with E-state index in [4.69, 9.17) is 9.63 Å². The number of aryl methyl sites for hydroxylation is 1. The first-order valence-electron chi connectivity index (χ1n) is 6.75. The summed E-state index contributed by atoms with van der Waals surface area (Å²) >= 11 is 0. The van der Waals surface area contributed by atoms with Crippen molar-refractivity contribution in [2.24, 2.45) is 5.92 Å². The van der Waals surface area contributed by atoms with Crippen LogP contribution in [-0.4, -0.2) is 44.5 Å². The Kier molecular flexibility index (Phi) is 3.51. The third-order valence-electron chi connectivity index (χ3n) is 3.57. The molecule has 0 aromatic carbocycles. The maximum Gasteiger partial charge on any atom is 0.306 e. The van der Waals surface area contributed by atoms with Gasteiger partial charge >= 0.3 is 5.97 Å². The van der Waals surface area contributed by atoms with Gasteiger partial charge < -0.3 is 14.5 Å². The van der Waals surface area contributed by atoms with Gasteiger partial charge in [0.25, 0.3) is 5.89 Å². The van der Waals surface area contributed by atoms with E-state index >= 15 is 0 Å². The van der Waals surface area contributed by atoms with E-state index in [1.165, 1.54) is 0 Å². The lowest BCUT2D eigenvalue weighted by molar-refractivity contribution is -0.142. The minimum Gasteiger partial charge on any atom is -0.481 e. The van der Waals surface area contributed by atoms with Gasteiger partial charge in [0.15, 0.2) is 17.3 Å². The fourth-order valence-electron chi connectivity index (χ4n) is 2.36. The van der Waals surface area contributed by atoms with Gasteiger partial charge in [0.05, 0.1) is 5.92 Å². The fraction of sp³-hybridized carbons (Fsp3) is 0.462. The summed E-state index contributed by atoms with van der Waals surface area (Å²) < 4.78 is 5.03. The molecule has 0 amide bonds. The van der Waals surface area contributed by atoms with Gasteiger partial charge in [0.2, 0.25) is 0 Å². The molecule has 1 fully saturated rings. The minimum absolute atomic E-state index is 0.255. The Morgan fingerprint density at radius 3 is 2.62 bits per heavy atom. The first-order valence-corrected chi connectivity index (χ1v) is 6.75. The number of carboxylic acids is 1. The molecule has 1 aliphatic rings. The van der Waals surface area contributed by atoms with Crippen LogP contribution in [0.4, 0.5) is 5.82 Å².